The molecule has 0 fully saturated rings. The highest BCUT2D eigenvalue weighted by Gasteiger charge is 1.97. The van der Waals surface area contributed by atoms with Gasteiger partial charge in [-0.15, -0.1) is 0 Å². The third-order valence-corrected chi connectivity index (χ3v) is 2.67. The van der Waals surface area contributed by atoms with Crippen LogP contribution in [0.4, 0.5) is 0 Å². The lowest BCUT2D eigenvalue weighted by molar-refractivity contribution is 1.55. The average molecular weight is 240 g/mol. The third kappa shape index (κ3) is 1.57. The average Bonchev–Trinajstić information content (AvgIpc) is 2.56. The zero-order valence-electron chi connectivity index (χ0n) is 6.20. The van der Waals surface area contributed by atoms with Crippen molar-refractivity contribution in [2.75, 3.05) is 0 Å². The Bertz CT molecular complexity index is 370. The van der Waals surface area contributed by atoms with Gasteiger partial charge in [-0.2, -0.15) is 0 Å². The zero-order valence-corrected chi connectivity index (χ0v) is 8.60. The molecular weight excluding hydrogens is 234 g/mol. The summed E-state index contributed by atoms with van der Waals surface area (Å²) in [7, 11) is 0. The van der Waals surface area contributed by atoms with Crippen LogP contribution in [0.2, 0.25) is 0 Å². The summed E-state index contributed by atoms with van der Waals surface area (Å²) in [6.45, 7) is 0. The van der Waals surface area contributed by atoms with Crippen LogP contribution in [0.1, 0.15) is 0 Å². The lowest BCUT2D eigenvalue weighted by Gasteiger charge is -1.96. The highest BCUT2D eigenvalue weighted by Crippen LogP contribution is 2.23. The molecule has 0 unspecified atom stereocenters. The van der Waals surface area contributed by atoms with Crippen LogP contribution in [0.5, 0.6) is 0 Å². The van der Waals surface area contributed by atoms with E-state index < -0.39 is 0 Å². The molecule has 0 aliphatic rings. The predicted octanol–water partition coefficient (Wildman–Crippen LogP) is 3.57. The molecule has 0 bridgehead atoms. The maximum Gasteiger partial charge on any atom is 0.0485 e. The maximum atomic E-state index is 4.05. The predicted molar refractivity (Wildman–Crippen MR) is 55.3 cm³/mol. The van der Waals surface area contributed by atoms with Crippen molar-refractivity contribution in [3.8, 4) is 11.1 Å². The molecule has 1 aromatic heterocycles. The van der Waals surface area contributed by atoms with Gasteiger partial charge in [-0.3, -0.25) is 0 Å². The van der Waals surface area contributed by atoms with E-state index in [0.29, 0.717) is 0 Å². The minimum absolute atomic E-state index is 1.10. The number of benzene rings is 1. The molecular formula is C9H6BrNS. The molecule has 0 amide bonds. The number of rotatable bonds is 1. The number of hydrogen-bond acceptors (Lipinski definition) is 2. The number of hydrogen-bond donors (Lipinski definition) is 0. The largest absolute Gasteiger partial charge is 0.201 e. The Morgan fingerprint density at radius 3 is 2.83 bits per heavy atom. The molecule has 60 valence electrons. The summed E-state index contributed by atoms with van der Waals surface area (Å²) in [5.41, 5.74) is 2.39. The summed E-state index contributed by atoms with van der Waals surface area (Å²) in [6, 6.07) is 8.21. The molecule has 0 aliphatic carbocycles. The highest BCUT2D eigenvalue weighted by molar-refractivity contribution is 9.10. The van der Waals surface area contributed by atoms with Gasteiger partial charge in [0.05, 0.1) is 0 Å². The van der Waals surface area contributed by atoms with Gasteiger partial charge in [0.15, 0.2) is 0 Å². The van der Waals surface area contributed by atoms with Crippen molar-refractivity contribution >= 4 is 27.5 Å². The smallest absolute Gasteiger partial charge is 0.0485 e. The normalized spacial score (nSPS) is 10.1. The van der Waals surface area contributed by atoms with Crippen molar-refractivity contribution in [2.45, 2.75) is 0 Å². The minimum Gasteiger partial charge on any atom is -0.201 e. The molecule has 1 nitrogen and oxygen atoms in total. The molecule has 0 saturated carbocycles. The van der Waals surface area contributed by atoms with Crippen LogP contribution in [0.15, 0.2) is 40.3 Å². The first-order valence-corrected chi connectivity index (χ1v) is 5.14. The molecule has 12 heavy (non-hydrogen) atoms. The van der Waals surface area contributed by atoms with Crippen LogP contribution in [0.3, 0.4) is 0 Å². The topological polar surface area (TPSA) is 12.9 Å². The van der Waals surface area contributed by atoms with E-state index in [1.807, 2.05) is 23.7 Å². The van der Waals surface area contributed by atoms with Crippen molar-refractivity contribution in [3.05, 3.63) is 40.3 Å². The van der Waals surface area contributed by atoms with E-state index in [4.69, 9.17) is 0 Å². The fraction of sp³-hybridized carbons (Fsp3) is 0. The fourth-order valence-corrected chi connectivity index (χ4v) is 1.96. The first kappa shape index (κ1) is 7.95. The van der Waals surface area contributed by atoms with E-state index in [1.165, 1.54) is 22.7 Å². The zero-order chi connectivity index (χ0) is 8.39. The van der Waals surface area contributed by atoms with Gasteiger partial charge >= 0.3 is 0 Å². The monoisotopic (exact) mass is 239 g/mol. The molecule has 0 atom stereocenters. The first-order valence-electron chi connectivity index (χ1n) is 3.51. The highest BCUT2D eigenvalue weighted by atomic mass is 79.9. The van der Waals surface area contributed by atoms with Crippen LogP contribution in [-0.2, 0) is 0 Å². The van der Waals surface area contributed by atoms with Gasteiger partial charge in [0.25, 0.3) is 0 Å². The molecule has 1 aromatic carbocycles. The Balaban J connectivity index is 2.48. The van der Waals surface area contributed by atoms with Gasteiger partial charge in [0.1, 0.15) is 0 Å². The second-order valence-electron chi connectivity index (χ2n) is 2.42. The first-order chi connectivity index (χ1) is 5.86. The SMILES string of the molecule is Brc1cccc(-c2cnsc2)c1. The molecule has 3 heteroatoms. The van der Waals surface area contributed by atoms with Crippen molar-refractivity contribution < 1.29 is 0 Å². The van der Waals surface area contributed by atoms with E-state index in [0.717, 1.165) is 4.47 Å². The van der Waals surface area contributed by atoms with Gasteiger partial charge < -0.3 is 0 Å². The maximum absolute atomic E-state index is 4.05. The summed E-state index contributed by atoms with van der Waals surface area (Å²) < 4.78 is 5.16. The molecule has 0 N–H and O–H groups in total. The van der Waals surface area contributed by atoms with Crippen LogP contribution < -0.4 is 0 Å². The van der Waals surface area contributed by atoms with Crippen molar-refractivity contribution in [1.29, 1.82) is 0 Å². The second kappa shape index (κ2) is 3.37. The Hall–Kier alpha value is -0.670. The van der Waals surface area contributed by atoms with Gasteiger partial charge in [0.2, 0.25) is 0 Å². The van der Waals surface area contributed by atoms with E-state index >= 15 is 0 Å². The Kier molecular flexibility index (Phi) is 2.23. The second-order valence-corrected chi connectivity index (χ2v) is 4.00. The number of aromatic nitrogens is 1. The molecule has 0 saturated heterocycles. The quantitative estimate of drug-likeness (QED) is 0.742. The summed E-state index contributed by atoms with van der Waals surface area (Å²) >= 11 is 4.91. The summed E-state index contributed by atoms with van der Waals surface area (Å²) in [5.74, 6) is 0. The lowest BCUT2D eigenvalue weighted by atomic mass is 10.1. The molecule has 1 heterocycles. The number of halogens is 1. The third-order valence-electron chi connectivity index (χ3n) is 1.59. The lowest BCUT2D eigenvalue weighted by Crippen LogP contribution is -1.72. The molecule has 2 rings (SSSR count). The van der Waals surface area contributed by atoms with Crippen molar-refractivity contribution in [2.24, 2.45) is 0 Å². The minimum atomic E-state index is 1.10. The summed E-state index contributed by atoms with van der Waals surface area (Å²) in [5, 5.41) is 2.04. The fourth-order valence-electron chi connectivity index (χ4n) is 1.02. The van der Waals surface area contributed by atoms with E-state index in [-0.39, 0.29) is 0 Å². The molecule has 0 spiro atoms. The van der Waals surface area contributed by atoms with Gasteiger partial charge in [-0.25, -0.2) is 4.37 Å². The van der Waals surface area contributed by atoms with Gasteiger partial charge in [-0.1, -0.05) is 28.1 Å². The van der Waals surface area contributed by atoms with E-state index in [1.54, 1.807) is 0 Å². The van der Waals surface area contributed by atoms with Crippen molar-refractivity contribution in [3.63, 3.8) is 0 Å². The van der Waals surface area contributed by atoms with Gasteiger partial charge in [0, 0.05) is 21.6 Å². The van der Waals surface area contributed by atoms with Gasteiger partial charge in [-0.05, 0) is 29.2 Å². The van der Waals surface area contributed by atoms with Crippen LogP contribution >= 0.6 is 27.5 Å². The Morgan fingerprint density at radius 2 is 2.17 bits per heavy atom. The van der Waals surface area contributed by atoms with Crippen molar-refractivity contribution in [1.82, 2.24) is 4.37 Å². The Labute approximate surface area is 83.4 Å². The molecule has 0 aliphatic heterocycles. The van der Waals surface area contributed by atoms with Crippen LogP contribution in [-0.4, -0.2) is 4.37 Å². The van der Waals surface area contributed by atoms with E-state index in [2.05, 4.69) is 32.4 Å². The number of nitrogens with zero attached hydrogens (tertiary/aromatic N) is 1. The molecule has 0 radical (unpaired) electrons. The van der Waals surface area contributed by atoms with E-state index in [9.17, 15) is 0 Å². The summed E-state index contributed by atoms with van der Waals surface area (Å²) in [6.07, 6.45) is 1.88. The summed E-state index contributed by atoms with van der Waals surface area (Å²) in [4.78, 5) is 0. The van der Waals surface area contributed by atoms with Crippen LogP contribution in [0, 0.1) is 0 Å². The standard InChI is InChI=1S/C9H6BrNS/c10-9-3-1-2-7(4-9)8-5-11-12-6-8/h1-6H. The Morgan fingerprint density at radius 1 is 1.25 bits per heavy atom. The molecule has 2 aromatic rings. The van der Waals surface area contributed by atoms with Crippen LogP contribution in [0.25, 0.3) is 11.1 Å².